The molecule has 1 rings (SSSR count). The minimum Gasteiger partial charge on any atom is -0.362 e. The van der Waals surface area contributed by atoms with E-state index in [1.165, 1.54) is 4.88 Å². The van der Waals surface area contributed by atoms with Gasteiger partial charge in [0.15, 0.2) is 5.13 Å². The lowest BCUT2D eigenvalue weighted by Gasteiger charge is -2.14. The molecule has 18 heavy (non-hydrogen) atoms. The third-order valence-corrected chi connectivity index (χ3v) is 3.44. The van der Waals surface area contributed by atoms with E-state index in [2.05, 4.69) is 27.4 Å². The molecule has 0 saturated heterocycles. The second kappa shape index (κ2) is 8.05. The van der Waals surface area contributed by atoms with Crippen LogP contribution in [0.1, 0.15) is 24.6 Å². The smallest absolute Gasteiger partial charge is 0.221 e. The van der Waals surface area contributed by atoms with Crippen molar-refractivity contribution in [2.75, 3.05) is 32.5 Å². The first-order valence-corrected chi connectivity index (χ1v) is 7.05. The van der Waals surface area contributed by atoms with Crippen molar-refractivity contribution in [1.82, 2.24) is 15.2 Å². The van der Waals surface area contributed by atoms with Crippen molar-refractivity contribution in [3.63, 3.8) is 0 Å². The number of rotatable bonds is 8. The van der Waals surface area contributed by atoms with Crippen molar-refractivity contribution in [3.8, 4) is 0 Å². The van der Waals surface area contributed by atoms with E-state index in [0.29, 0.717) is 6.42 Å². The highest BCUT2D eigenvalue weighted by Crippen LogP contribution is 2.19. The van der Waals surface area contributed by atoms with E-state index < -0.39 is 0 Å². The van der Waals surface area contributed by atoms with Crippen molar-refractivity contribution in [3.05, 3.63) is 11.1 Å². The molecule has 0 atom stereocenters. The molecule has 1 aromatic heterocycles. The third-order valence-electron chi connectivity index (χ3n) is 2.50. The molecule has 0 aromatic carbocycles. The van der Waals surface area contributed by atoms with Gasteiger partial charge in [-0.15, -0.1) is 11.3 Å². The Labute approximate surface area is 113 Å². The molecule has 102 valence electrons. The summed E-state index contributed by atoms with van der Waals surface area (Å²) in [6.45, 7) is 4.69. The van der Waals surface area contributed by atoms with Crippen molar-refractivity contribution >= 4 is 22.4 Å². The molecule has 0 radical (unpaired) electrons. The predicted molar refractivity (Wildman–Crippen MR) is 75.9 cm³/mol. The number of nitrogens with one attached hydrogen (secondary N) is 2. The van der Waals surface area contributed by atoms with Crippen molar-refractivity contribution in [2.24, 2.45) is 0 Å². The monoisotopic (exact) mass is 270 g/mol. The highest BCUT2D eigenvalue weighted by Gasteiger charge is 2.06. The molecule has 6 heteroatoms. The second-order valence-corrected chi connectivity index (χ2v) is 5.33. The van der Waals surface area contributed by atoms with Crippen LogP contribution in [0.4, 0.5) is 5.13 Å². The number of thiazole rings is 1. The largest absolute Gasteiger partial charge is 0.362 e. The van der Waals surface area contributed by atoms with E-state index in [1.807, 2.05) is 13.2 Å². The maximum Gasteiger partial charge on any atom is 0.221 e. The summed E-state index contributed by atoms with van der Waals surface area (Å²) in [4.78, 5) is 18.8. The maximum absolute atomic E-state index is 11.1. The maximum atomic E-state index is 11.1. The number of amides is 1. The SMILES string of the molecule is CCCNc1ncc(CN(C)CCC(=O)NC)s1. The van der Waals surface area contributed by atoms with Crippen LogP contribution in [0, 0.1) is 0 Å². The highest BCUT2D eigenvalue weighted by atomic mass is 32.1. The number of hydrogen-bond donors (Lipinski definition) is 2. The van der Waals surface area contributed by atoms with Gasteiger partial charge in [0.25, 0.3) is 0 Å². The summed E-state index contributed by atoms with van der Waals surface area (Å²) in [5.41, 5.74) is 0. The van der Waals surface area contributed by atoms with Gasteiger partial charge >= 0.3 is 0 Å². The lowest BCUT2D eigenvalue weighted by atomic mass is 10.3. The van der Waals surface area contributed by atoms with Gasteiger partial charge in [0.2, 0.25) is 5.91 Å². The summed E-state index contributed by atoms with van der Waals surface area (Å²) in [7, 11) is 3.68. The van der Waals surface area contributed by atoms with Crippen LogP contribution in [0.5, 0.6) is 0 Å². The average Bonchev–Trinajstić information content (AvgIpc) is 2.81. The molecule has 0 aliphatic heterocycles. The Kier molecular flexibility index (Phi) is 6.67. The average molecular weight is 270 g/mol. The first-order chi connectivity index (χ1) is 8.65. The minimum atomic E-state index is 0.0801. The van der Waals surface area contributed by atoms with Gasteiger partial charge in [-0.25, -0.2) is 4.98 Å². The van der Waals surface area contributed by atoms with Gasteiger partial charge < -0.3 is 15.5 Å². The van der Waals surface area contributed by atoms with Gasteiger partial charge in [0.05, 0.1) is 0 Å². The molecule has 0 spiro atoms. The van der Waals surface area contributed by atoms with Gasteiger partial charge in [0, 0.05) is 44.2 Å². The highest BCUT2D eigenvalue weighted by molar-refractivity contribution is 7.15. The lowest BCUT2D eigenvalue weighted by molar-refractivity contribution is -0.120. The van der Waals surface area contributed by atoms with Crippen molar-refractivity contribution in [2.45, 2.75) is 26.3 Å². The zero-order valence-electron chi connectivity index (χ0n) is 11.3. The Balaban J connectivity index is 2.32. The summed E-state index contributed by atoms with van der Waals surface area (Å²) in [5, 5.41) is 6.88. The quantitative estimate of drug-likeness (QED) is 0.752. The first kappa shape index (κ1) is 14.9. The van der Waals surface area contributed by atoms with E-state index in [9.17, 15) is 4.79 Å². The van der Waals surface area contributed by atoms with Crippen LogP contribution in [-0.4, -0.2) is 43.0 Å². The molecular weight excluding hydrogens is 248 g/mol. The van der Waals surface area contributed by atoms with Crippen LogP contribution in [0.2, 0.25) is 0 Å². The van der Waals surface area contributed by atoms with Gasteiger partial charge in [-0.05, 0) is 13.5 Å². The van der Waals surface area contributed by atoms with E-state index in [1.54, 1.807) is 18.4 Å². The number of nitrogens with zero attached hydrogens (tertiary/aromatic N) is 2. The van der Waals surface area contributed by atoms with Gasteiger partial charge in [-0.3, -0.25) is 4.79 Å². The molecule has 5 nitrogen and oxygen atoms in total. The number of hydrogen-bond acceptors (Lipinski definition) is 5. The van der Waals surface area contributed by atoms with Crippen LogP contribution >= 0.6 is 11.3 Å². The summed E-state index contributed by atoms with van der Waals surface area (Å²) in [6.07, 6.45) is 3.53. The standard InChI is InChI=1S/C12H22N4OS/c1-4-6-14-12-15-8-10(18-12)9-16(3)7-5-11(17)13-2/h8H,4-7,9H2,1-3H3,(H,13,17)(H,14,15). The fourth-order valence-corrected chi connectivity index (χ4v) is 2.38. The van der Waals surface area contributed by atoms with E-state index in [0.717, 1.165) is 31.2 Å². The molecule has 0 saturated carbocycles. The Hall–Kier alpha value is -1.14. The normalized spacial score (nSPS) is 10.7. The Morgan fingerprint density at radius 3 is 3.00 bits per heavy atom. The number of carbonyl (C=O) groups excluding carboxylic acids is 1. The molecule has 0 fully saturated rings. The van der Waals surface area contributed by atoms with Crippen LogP contribution in [0.3, 0.4) is 0 Å². The topological polar surface area (TPSA) is 57.3 Å². The van der Waals surface area contributed by atoms with Crippen molar-refractivity contribution in [1.29, 1.82) is 0 Å². The van der Waals surface area contributed by atoms with Crippen molar-refractivity contribution < 1.29 is 4.79 Å². The fraction of sp³-hybridized carbons (Fsp3) is 0.667. The first-order valence-electron chi connectivity index (χ1n) is 6.23. The van der Waals surface area contributed by atoms with Crippen LogP contribution in [0.15, 0.2) is 6.20 Å². The zero-order valence-corrected chi connectivity index (χ0v) is 12.1. The van der Waals surface area contributed by atoms with Gasteiger partial charge in [0.1, 0.15) is 0 Å². The molecule has 1 amide bonds. The molecule has 0 unspecified atom stereocenters. The van der Waals surface area contributed by atoms with Crippen LogP contribution < -0.4 is 10.6 Å². The molecule has 1 heterocycles. The lowest BCUT2D eigenvalue weighted by Crippen LogP contribution is -2.26. The number of anilines is 1. The van der Waals surface area contributed by atoms with Crippen LogP contribution in [0.25, 0.3) is 0 Å². The molecule has 0 bridgehead atoms. The van der Waals surface area contributed by atoms with E-state index >= 15 is 0 Å². The Morgan fingerprint density at radius 1 is 1.56 bits per heavy atom. The minimum absolute atomic E-state index is 0.0801. The zero-order chi connectivity index (χ0) is 13.4. The second-order valence-electron chi connectivity index (χ2n) is 4.22. The molecule has 2 N–H and O–H groups in total. The number of carbonyl (C=O) groups is 1. The summed E-state index contributed by atoms with van der Waals surface area (Å²) < 4.78 is 0. The molecule has 0 aliphatic carbocycles. The predicted octanol–water partition coefficient (Wildman–Crippen LogP) is 1.53. The molecule has 1 aromatic rings. The Bertz CT molecular complexity index is 367. The molecule has 0 aliphatic rings. The summed E-state index contributed by atoms with van der Waals surface area (Å²) in [6, 6.07) is 0. The fourth-order valence-electron chi connectivity index (χ4n) is 1.46. The molecular formula is C12H22N4OS. The Morgan fingerprint density at radius 2 is 2.33 bits per heavy atom. The van der Waals surface area contributed by atoms with E-state index in [-0.39, 0.29) is 5.91 Å². The van der Waals surface area contributed by atoms with Gasteiger partial charge in [-0.2, -0.15) is 0 Å². The third kappa shape index (κ3) is 5.46. The summed E-state index contributed by atoms with van der Waals surface area (Å²) >= 11 is 1.68. The van der Waals surface area contributed by atoms with Crippen LogP contribution in [-0.2, 0) is 11.3 Å². The van der Waals surface area contributed by atoms with Gasteiger partial charge in [-0.1, -0.05) is 6.92 Å². The number of aromatic nitrogens is 1. The summed E-state index contributed by atoms with van der Waals surface area (Å²) in [5.74, 6) is 0.0801. The van der Waals surface area contributed by atoms with E-state index in [4.69, 9.17) is 0 Å².